The second-order valence-corrected chi connectivity index (χ2v) is 5.21. The van der Waals surface area contributed by atoms with Gasteiger partial charge in [0.15, 0.2) is 0 Å². The Labute approximate surface area is 124 Å². The topological polar surface area (TPSA) is 75.9 Å². The number of nitrogens with one attached hydrogen (secondary N) is 2. The molecule has 2 rings (SSSR count). The summed E-state index contributed by atoms with van der Waals surface area (Å²) in [6.07, 6.45) is 0. The SMILES string of the molecule is CNc1cc(Nc2cc(Cl)c(C)cc2Br)nc(N)n1. The molecule has 0 bridgehead atoms. The molecular formula is C12H13BrClN5. The van der Waals surface area contributed by atoms with Gasteiger partial charge in [0, 0.05) is 22.6 Å². The minimum atomic E-state index is 0.198. The number of hydrogen-bond donors (Lipinski definition) is 3. The number of anilines is 4. The third-order valence-corrected chi connectivity index (χ3v) is 3.57. The molecule has 4 N–H and O–H groups in total. The van der Waals surface area contributed by atoms with Crippen LogP contribution in [0.15, 0.2) is 22.7 Å². The van der Waals surface area contributed by atoms with E-state index in [4.69, 9.17) is 17.3 Å². The molecule has 19 heavy (non-hydrogen) atoms. The average molecular weight is 343 g/mol. The van der Waals surface area contributed by atoms with Crippen LogP contribution in [0.25, 0.3) is 0 Å². The Morgan fingerprint density at radius 1 is 1.21 bits per heavy atom. The van der Waals surface area contributed by atoms with Crippen LogP contribution in [0.2, 0.25) is 5.02 Å². The van der Waals surface area contributed by atoms with Crippen molar-refractivity contribution in [1.82, 2.24) is 9.97 Å². The number of nitrogen functional groups attached to an aromatic ring is 1. The van der Waals surface area contributed by atoms with E-state index in [1.165, 1.54) is 0 Å². The van der Waals surface area contributed by atoms with E-state index < -0.39 is 0 Å². The van der Waals surface area contributed by atoms with Crippen molar-refractivity contribution in [1.29, 1.82) is 0 Å². The molecule has 0 aliphatic carbocycles. The van der Waals surface area contributed by atoms with Crippen molar-refractivity contribution in [2.45, 2.75) is 6.92 Å². The first-order valence-corrected chi connectivity index (χ1v) is 6.71. The molecule has 0 saturated carbocycles. The minimum absolute atomic E-state index is 0.198. The third kappa shape index (κ3) is 3.27. The van der Waals surface area contributed by atoms with E-state index in [9.17, 15) is 0 Å². The van der Waals surface area contributed by atoms with Gasteiger partial charge in [0.25, 0.3) is 0 Å². The van der Waals surface area contributed by atoms with Gasteiger partial charge < -0.3 is 16.4 Å². The molecule has 100 valence electrons. The number of benzene rings is 1. The second-order valence-electron chi connectivity index (χ2n) is 3.95. The van der Waals surface area contributed by atoms with E-state index >= 15 is 0 Å². The number of halogens is 2. The Morgan fingerprint density at radius 3 is 2.58 bits per heavy atom. The predicted molar refractivity (Wildman–Crippen MR) is 83.2 cm³/mol. The molecule has 5 nitrogen and oxygen atoms in total. The van der Waals surface area contributed by atoms with E-state index in [1.54, 1.807) is 13.1 Å². The van der Waals surface area contributed by atoms with Crippen molar-refractivity contribution < 1.29 is 0 Å². The second kappa shape index (κ2) is 5.63. The van der Waals surface area contributed by atoms with E-state index in [0.717, 1.165) is 15.7 Å². The molecule has 1 heterocycles. The number of nitrogens with two attached hydrogens (primary N) is 1. The Kier molecular flexibility index (Phi) is 4.11. The van der Waals surface area contributed by atoms with Gasteiger partial charge in [-0.05, 0) is 40.5 Å². The standard InChI is InChI=1S/C12H13BrClN5/c1-6-3-7(13)9(4-8(6)14)17-11-5-10(16-2)18-12(15)19-11/h3-5H,1-2H3,(H4,15,16,17,18,19). The molecule has 0 aliphatic heterocycles. The summed E-state index contributed by atoms with van der Waals surface area (Å²) in [6.45, 7) is 1.94. The minimum Gasteiger partial charge on any atom is -0.373 e. The fraction of sp³-hybridized carbons (Fsp3) is 0.167. The first-order valence-electron chi connectivity index (χ1n) is 5.54. The predicted octanol–water partition coefficient (Wildman–Crippen LogP) is 3.57. The number of rotatable bonds is 3. The Morgan fingerprint density at radius 2 is 1.89 bits per heavy atom. The number of hydrogen-bond acceptors (Lipinski definition) is 5. The zero-order chi connectivity index (χ0) is 14.0. The Balaban J connectivity index is 2.36. The van der Waals surface area contributed by atoms with Gasteiger partial charge in [-0.15, -0.1) is 0 Å². The lowest BCUT2D eigenvalue weighted by atomic mass is 10.2. The van der Waals surface area contributed by atoms with E-state index in [1.807, 2.05) is 19.1 Å². The van der Waals surface area contributed by atoms with Gasteiger partial charge >= 0.3 is 0 Å². The fourth-order valence-electron chi connectivity index (χ4n) is 1.54. The highest BCUT2D eigenvalue weighted by Gasteiger charge is 2.07. The molecule has 2 aromatic rings. The van der Waals surface area contributed by atoms with Crippen molar-refractivity contribution >= 4 is 50.8 Å². The Hall–Kier alpha value is -1.53. The summed E-state index contributed by atoms with van der Waals surface area (Å²) in [7, 11) is 1.77. The summed E-state index contributed by atoms with van der Waals surface area (Å²) >= 11 is 9.59. The van der Waals surface area contributed by atoms with Crippen molar-refractivity contribution in [3.63, 3.8) is 0 Å². The summed E-state index contributed by atoms with van der Waals surface area (Å²) in [4.78, 5) is 8.15. The van der Waals surface area contributed by atoms with Gasteiger partial charge in [0.05, 0.1) is 5.69 Å². The first kappa shape index (κ1) is 13.9. The van der Waals surface area contributed by atoms with Crippen LogP contribution in [0, 0.1) is 6.92 Å². The van der Waals surface area contributed by atoms with Crippen LogP contribution < -0.4 is 16.4 Å². The van der Waals surface area contributed by atoms with E-state index in [-0.39, 0.29) is 5.95 Å². The molecule has 0 fully saturated rings. The maximum atomic E-state index is 6.11. The molecule has 7 heteroatoms. The van der Waals surface area contributed by atoms with Gasteiger partial charge in [0.2, 0.25) is 5.95 Å². The van der Waals surface area contributed by atoms with Crippen LogP contribution in [-0.4, -0.2) is 17.0 Å². The van der Waals surface area contributed by atoms with Crippen LogP contribution in [0.3, 0.4) is 0 Å². The number of aryl methyl sites for hydroxylation is 1. The molecule has 0 unspecified atom stereocenters. The Bertz CT molecular complexity index is 617. The lowest BCUT2D eigenvalue weighted by Crippen LogP contribution is -2.03. The largest absolute Gasteiger partial charge is 0.373 e. The van der Waals surface area contributed by atoms with Crippen LogP contribution in [-0.2, 0) is 0 Å². The molecule has 0 spiro atoms. The molecule has 1 aromatic heterocycles. The van der Waals surface area contributed by atoms with Crippen LogP contribution in [0.5, 0.6) is 0 Å². The van der Waals surface area contributed by atoms with Crippen LogP contribution in [0.1, 0.15) is 5.56 Å². The lowest BCUT2D eigenvalue weighted by Gasteiger charge is -2.11. The normalized spacial score (nSPS) is 10.3. The van der Waals surface area contributed by atoms with Crippen molar-refractivity contribution in [3.05, 3.63) is 33.3 Å². The molecule has 0 amide bonds. The molecule has 0 atom stereocenters. The summed E-state index contributed by atoms with van der Waals surface area (Å²) in [6, 6.07) is 5.53. The van der Waals surface area contributed by atoms with Crippen molar-refractivity contribution in [2.75, 3.05) is 23.4 Å². The highest BCUT2D eigenvalue weighted by molar-refractivity contribution is 9.10. The monoisotopic (exact) mass is 341 g/mol. The lowest BCUT2D eigenvalue weighted by molar-refractivity contribution is 1.17. The van der Waals surface area contributed by atoms with Gasteiger partial charge in [-0.25, -0.2) is 0 Å². The van der Waals surface area contributed by atoms with Crippen LogP contribution in [0.4, 0.5) is 23.3 Å². The van der Waals surface area contributed by atoms with Crippen LogP contribution >= 0.6 is 27.5 Å². The molecule has 0 radical (unpaired) electrons. The van der Waals surface area contributed by atoms with E-state index in [0.29, 0.717) is 16.7 Å². The number of nitrogens with zero attached hydrogens (tertiary/aromatic N) is 2. The zero-order valence-corrected chi connectivity index (χ0v) is 12.8. The molecular weight excluding hydrogens is 330 g/mol. The van der Waals surface area contributed by atoms with Crippen molar-refractivity contribution in [2.24, 2.45) is 0 Å². The molecule has 0 saturated heterocycles. The quantitative estimate of drug-likeness (QED) is 0.795. The summed E-state index contributed by atoms with van der Waals surface area (Å²) in [5.74, 6) is 1.44. The zero-order valence-electron chi connectivity index (χ0n) is 10.5. The van der Waals surface area contributed by atoms with Gasteiger partial charge in [-0.2, -0.15) is 9.97 Å². The average Bonchev–Trinajstić information content (AvgIpc) is 2.35. The van der Waals surface area contributed by atoms with Gasteiger partial charge in [-0.1, -0.05) is 11.6 Å². The molecule has 0 aliphatic rings. The smallest absolute Gasteiger partial charge is 0.223 e. The third-order valence-electron chi connectivity index (χ3n) is 2.51. The maximum absolute atomic E-state index is 6.11. The van der Waals surface area contributed by atoms with Gasteiger partial charge in [0.1, 0.15) is 11.6 Å². The maximum Gasteiger partial charge on any atom is 0.223 e. The van der Waals surface area contributed by atoms with Gasteiger partial charge in [-0.3, -0.25) is 0 Å². The fourth-order valence-corrected chi connectivity index (χ4v) is 2.26. The van der Waals surface area contributed by atoms with Crippen molar-refractivity contribution in [3.8, 4) is 0 Å². The summed E-state index contributed by atoms with van der Waals surface area (Å²) in [5.41, 5.74) is 7.45. The highest BCUT2D eigenvalue weighted by Crippen LogP contribution is 2.31. The summed E-state index contributed by atoms with van der Waals surface area (Å²) in [5, 5.41) is 6.76. The van der Waals surface area contributed by atoms with E-state index in [2.05, 4.69) is 36.5 Å². The molecule has 1 aromatic carbocycles. The first-order chi connectivity index (χ1) is 8.99. The number of aromatic nitrogens is 2. The highest BCUT2D eigenvalue weighted by atomic mass is 79.9. The summed E-state index contributed by atoms with van der Waals surface area (Å²) < 4.78 is 0.901.